The zero-order valence-corrected chi connectivity index (χ0v) is 9.73. The van der Waals surface area contributed by atoms with Gasteiger partial charge in [-0.15, -0.1) is 0 Å². The number of rotatable bonds is 2. The predicted molar refractivity (Wildman–Crippen MR) is 54.7 cm³/mol. The second-order valence-corrected chi connectivity index (χ2v) is 4.47. The van der Waals surface area contributed by atoms with Gasteiger partial charge in [-0.1, -0.05) is 0 Å². The molecule has 1 aromatic rings. The molecule has 0 aromatic heterocycles. The van der Waals surface area contributed by atoms with Crippen molar-refractivity contribution in [1.29, 1.82) is 0 Å². The van der Waals surface area contributed by atoms with Crippen LogP contribution in [0.3, 0.4) is 0 Å². The van der Waals surface area contributed by atoms with Gasteiger partial charge >= 0.3 is 0 Å². The van der Waals surface area contributed by atoms with Gasteiger partial charge in [0.1, 0.15) is 5.60 Å². The van der Waals surface area contributed by atoms with Crippen molar-refractivity contribution in [3.05, 3.63) is 33.8 Å². The molecule has 0 amide bonds. The number of halogens is 3. The van der Waals surface area contributed by atoms with Gasteiger partial charge in [-0.25, -0.2) is 8.78 Å². The van der Waals surface area contributed by atoms with Crippen molar-refractivity contribution in [3.8, 4) is 0 Å². The molecule has 0 saturated carbocycles. The van der Waals surface area contributed by atoms with Crippen LogP contribution in [0.25, 0.3) is 0 Å². The SMILES string of the molecule is CC(C)(O)C(=O)c1ccc(Br)c(F)c1F. The van der Waals surface area contributed by atoms with Crippen LogP contribution in [0.1, 0.15) is 24.2 Å². The molecule has 1 N–H and O–H groups in total. The van der Waals surface area contributed by atoms with E-state index in [1.54, 1.807) is 0 Å². The van der Waals surface area contributed by atoms with E-state index < -0.39 is 28.6 Å². The Hall–Kier alpha value is -0.810. The maximum absolute atomic E-state index is 13.3. The number of aliphatic hydroxyl groups is 1. The molecule has 0 aliphatic carbocycles. The summed E-state index contributed by atoms with van der Waals surface area (Å²) in [6, 6.07) is 2.35. The Morgan fingerprint density at radius 3 is 2.33 bits per heavy atom. The van der Waals surface area contributed by atoms with E-state index in [-0.39, 0.29) is 4.47 Å². The summed E-state index contributed by atoms with van der Waals surface area (Å²) in [6.07, 6.45) is 0. The zero-order chi connectivity index (χ0) is 11.8. The van der Waals surface area contributed by atoms with E-state index in [0.29, 0.717) is 0 Å². The van der Waals surface area contributed by atoms with Crippen molar-refractivity contribution in [2.24, 2.45) is 0 Å². The Labute approximate surface area is 94.0 Å². The van der Waals surface area contributed by atoms with Crippen LogP contribution in [-0.2, 0) is 0 Å². The average Bonchev–Trinajstić information content (AvgIpc) is 2.12. The molecule has 0 radical (unpaired) electrons. The van der Waals surface area contributed by atoms with E-state index in [9.17, 15) is 18.7 Å². The summed E-state index contributed by atoms with van der Waals surface area (Å²) < 4.78 is 26.3. The van der Waals surface area contributed by atoms with Gasteiger partial charge in [-0.05, 0) is 41.9 Å². The first-order valence-electron chi connectivity index (χ1n) is 4.16. The molecule has 0 bridgehead atoms. The highest BCUT2D eigenvalue weighted by Gasteiger charge is 2.29. The molecule has 15 heavy (non-hydrogen) atoms. The van der Waals surface area contributed by atoms with E-state index in [4.69, 9.17) is 0 Å². The van der Waals surface area contributed by atoms with Crippen molar-refractivity contribution < 1.29 is 18.7 Å². The fourth-order valence-corrected chi connectivity index (χ4v) is 1.34. The fourth-order valence-electron chi connectivity index (χ4n) is 1.03. The molecule has 0 unspecified atom stereocenters. The monoisotopic (exact) mass is 278 g/mol. The fraction of sp³-hybridized carbons (Fsp3) is 0.300. The molecule has 1 aromatic carbocycles. The Morgan fingerprint density at radius 2 is 1.87 bits per heavy atom. The summed E-state index contributed by atoms with van der Waals surface area (Å²) in [5, 5.41) is 9.37. The zero-order valence-electron chi connectivity index (χ0n) is 8.14. The van der Waals surface area contributed by atoms with Gasteiger partial charge in [0.05, 0.1) is 10.0 Å². The van der Waals surface area contributed by atoms with E-state index >= 15 is 0 Å². The number of Topliss-reactive ketones (excluding diaryl/α,β-unsaturated/α-hetero) is 1. The van der Waals surface area contributed by atoms with Gasteiger partial charge in [0, 0.05) is 0 Å². The summed E-state index contributed by atoms with van der Waals surface area (Å²) in [4.78, 5) is 11.5. The van der Waals surface area contributed by atoms with Gasteiger partial charge in [0.25, 0.3) is 0 Å². The number of carbonyl (C=O) groups is 1. The minimum absolute atomic E-state index is 0.0627. The number of hydrogen-bond acceptors (Lipinski definition) is 2. The molecule has 2 nitrogen and oxygen atoms in total. The van der Waals surface area contributed by atoms with Crippen molar-refractivity contribution in [2.45, 2.75) is 19.4 Å². The normalized spacial score (nSPS) is 11.6. The first-order valence-corrected chi connectivity index (χ1v) is 4.95. The topological polar surface area (TPSA) is 37.3 Å². The lowest BCUT2D eigenvalue weighted by atomic mass is 9.96. The Morgan fingerprint density at radius 1 is 1.33 bits per heavy atom. The van der Waals surface area contributed by atoms with Crippen LogP contribution in [0, 0.1) is 11.6 Å². The average molecular weight is 279 g/mol. The van der Waals surface area contributed by atoms with Crippen molar-refractivity contribution in [1.82, 2.24) is 0 Å². The molecular weight excluding hydrogens is 270 g/mol. The maximum atomic E-state index is 13.3. The van der Waals surface area contributed by atoms with Crippen LogP contribution in [0.2, 0.25) is 0 Å². The van der Waals surface area contributed by atoms with Crippen LogP contribution in [0.5, 0.6) is 0 Å². The van der Waals surface area contributed by atoms with Crippen LogP contribution >= 0.6 is 15.9 Å². The second kappa shape index (κ2) is 3.98. The molecule has 0 atom stereocenters. The summed E-state index contributed by atoms with van der Waals surface area (Å²) >= 11 is 2.79. The lowest BCUT2D eigenvalue weighted by Gasteiger charge is -2.16. The highest BCUT2D eigenvalue weighted by Crippen LogP contribution is 2.23. The second-order valence-electron chi connectivity index (χ2n) is 3.61. The van der Waals surface area contributed by atoms with Crippen LogP contribution in [0.4, 0.5) is 8.78 Å². The van der Waals surface area contributed by atoms with Crippen molar-refractivity contribution in [3.63, 3.8) is 0 Å². The van der Waals surface area contributed by atoms with E-state index in [1.807, 2.05) is 0 Å². The highest BCUT2D eigenvalue weighted by atomic mass is 79.9. The maximum Gasteiger partial charge on any atom is 0.196 e. The molecule has 1 rings (SSSR count). The Bertz CT molecular complexity index is 411. The predicted octanol–water partition coefficient (Wildman–Crippen LogP) is 2.68. The number of ketones is 1. The first-order chi connectivity index (χ1) is 6.75. The minimum Gasteiger partial charge on any atom is -0.382 e. The smallest absolute Gasteiger partial charge is 0.196 e. The molecule has 0 aliphatic rings. The highest BCUT2D eigenvalue weighted by molar-refractivity contribution is 9.10. The molecule has 0 aliphatic heterocycles. The lowest BCUT2D eigenvalue weighted by Crippen LogP contribution is -2.32. The minimum atomic E-state index is -1.72. The molecule has 82 valence electrons. The van der Waals surface area contributed by atoms with E-state index in [1.165, 1.54) is 19.9 Å². The Kier molecular flexibility index (Phi) is 3.25. The largest absolute Gasteiger partial charge is 0.382 e. The molecule has 0 heterocycles. The first kappa shape index (κ1) is 12.3. The van der Waals surface area contributed by atoms with Gasteiger partial charge < -0.3 is 5.11 Å². The van der Waals surface area contributed by atoms with Crippen LogP contribution < -0.4 is 0 Å². The third-order valence-electron chi connectivity index (χ3n) is 1.84. The van der Waals surface area contributed by atoms with Crippen LogP contribution in [-0.4, -0.2) is 16.5 Å². The van der Waals surface area contributed by atoms with Gasteiger partial charge in [0.2, 0.25) is 0 Å². The number of hydrogen-bond donors (Lipinski definition) is 1. The van der Waals surface area contributed by atoms with Crippen molar-refractivity contribution in [2.75, 3.05) is 0 Å². The third-order valence-corrected chi connectivity index (χ3v) is 2.45. The Balaban J connectivity index is 3.29. The molecule has 0 saturated heterocycles. The molecule has 5 heteroatoms. The summed E-state index contributed by atoms with van der Waals surface area (Å²) in [6.45, 7) is 2.43. The van der Waals surface area contributed by atoms with E-state index in [2.05, 4.69) is 15.9 Å². The quantitative estimate of drug-likeness (QED) is 0.667. The lowest BCUT2D eigenvalue weighted by molar-refractivity contribution is 0.0482. The summed E-state index contributed by atoms with van der Waals surface area (Å²) in [7, 11) is 0. The molecule has 0 spiro atoms. The standard InChI is InChI=1S/C10H9BrF2O2/c1-10(2,15)9(14)5-3-4-6(11)8(13)7(5)12/h3-4,15H,1-2H3. The van der Waals surface area contributed by atoms with Gasteiger partial charge in [-0.2, -0.15) is 0 Å². The van der Waals surface area contributed by atoms with Crippen LogP contribution in [0.15, 0.2) is 16.6 Å². The molecular formula is C10H9BrF2O2. The third kappa shape index (κ3) is 2.41. The summed E-state index contributed by atoms with van der Waals surface area (Å²) in [5.74, 6) is -3.24. The summed E-state index contributed by atoms with van der Waals surface area (Å²) in [5.41, 5.74) is -2.18. The van der Waals surface area contributed by atoms with Crippen molar-refractivity contribution >= 4 is 21.7 Å². The van der Waals surface area contributed by atoms with Gasteiger partial charge in [-0.3, -0.25) is 4.79 Å². The number of carbonyl (C=O) groups excluding carboxylic acids is 1. The van der Waals surface area contributed by atoms with Gasteiger partial charge in [0.15, 0.2) is 17.4 Å². The number of benzene rings is 1. The molecule has 0 fully saturated rings. The van der Waals surface area contributed by atoms with E-state index in [0.717, 1.165) is 6.07 Å².